The minimum atomic E-state index is -1.38. The third-order valence-corrected chi connectivity index (χ3v) is 4.95. The lowest BCUT2D eigenvalue weighted by Crippen LogP contribution is -2.34. The maximum Gasteiger partial charge on any atom is 0.322 e. The fourth-order valence-electron chi connectivity index (χ4n) is 3.02. The molecule has 2 aromatic carbocycles. The highest BCUT2D eigenvalue weighted by molar-refractivity contribution is 6.31. The molecule has 0 atom stereocenters. The quantitative estimate of drug-likeness (QED) is 0.352. The molecule has 2 amide bonds. The van der Waals surface area contributed by atoms with Crippen LogP contribution < -0.4 is 16.2 Å². The molecule has 11 heteroatoms. The second kappa shape index (κ2) is 9.88. The molecule has 0 aliphatic rings. The highest BCUT2D eigenvalue weighted by atomic mass is 35.5. The molecule has 0 bridgehead atoms. The van der Waals surface area contributed by atoms with Crippen LogP contribution in [-0.2, 0) is 11.3 Å². The summed E-state index contributed by atoms with van der Waals surface area (Å²) in [6.45, 7) is -1.16. The number of pyridine rings is 1. The van der Waals surface area contributed by atoms with Gasteiger partial charge in [-0.1, -0.05) is 48.0 Å². The summed E-state index contributed by atoms with van der Waals surface area (Å²) in [5.74, 6) is -5.67. The number of hydrogen-bond donors (Lipinski definition) is 5. The summed E-state index contributed by atoms with van der Waals surface area (Å²) in [6.07, 6.45) is 0. The maximum absolute atomic E-state index is 13.1. The molecular formula is C22H18ClN3O7. The van der Waals surface area contributed by atoms with Gasteiger partial charge >= 0.3 is 5.97 Å². The van der Waals surface area contributed by atoms with Gasteiger partial charge in [-0.2, -0.15) is 0 Å². The molecule has 3 aromatic rings. The van der Waals surface area contributed by atoms with Gasteiger partial charge in [0.15, 0.2) is 5.75 Å². The third-order valence-electron chi connectivity index (χ3n) is 4.58. The van der Waals surface area contributed by atoms with Crippen LogP contribution in [0.3, 0.4) is 0 Å². The van der Waals surface area contributed by atoms with E-state index in [0.29, 0.717) is 15.8 Å². The van der Waals surface area contributed by atoms with Crippen LogP contribution in [0.25, 0.3) is 0 Å². The van der Waals surface area contributed by atoms with E-state index in [0.717, 1.165) is 0 Å². The van der Waals surface area contributed by atoms with Crippen LogP contribution in [0.1, 0.15) is 26.3 Å². The van der Waals surface area contributed by atoms with Crippen molar-refractivity contribution in [2.45, 2.75) is 6.54 Å². The lowest BCUT2D eigenvalue weighted by atomic mass is 10.1. The van der Waals surface area contributed by atoms with E-state index in [-0.39, 0.29) is 11.6 Å². The first-order valence-corrected chi connectivity index (χ1v) is 9.87. The molecule has 0 unspecified atom stereocenters. The summed E-state index contributed by atoms with van der Waals surface area (Å²) >= 11 is 6.14. The number of aliphatic carboxylic acids is 1. The number of anilines is 1. The van der Waals surface area contributed by atoms with Crippen molar-refractivity contribution in [3.63, 3.8) is 0 Å². The Bertz CT molecular complexity index is 1290. The lowest BCUT2D eigenvalue weighted by molar-refractivity contribution is -0.135. The van der Waals surface area contributed by atoms with Gasteiger partial charge in [-0.05, 0) is 23.8 Å². The first kappa shape index (κ1) is 23.4. The number of benzene rings is 2. The van der Waals surface area contributed by atoms with Gasteiger partial charge < -0.3 is 26.0 Å². The van der Waals surface area contributed by atoms with Crippen LogP contribution in [0.15, 0.2) is 59.4 Å². The van der Waals surface area contributed by atoms with E-state index in [1.54, 1.807) is 42.5 Å². The van der Waals surface area contributed by atoms with E-state index in [4.69, 9.17) is 16.7 Å². The van der Waals surface area contributed by atoms with Crippen LogP contribution in [0.5, 0.6) is 11.6 Å². The Morgan fingerprint density at radius 3 is 2.18 bits per heavy atom. The molecule has 0 fully saturated rings. The van der Waals surface area contributed by atoms with E-state index >= 15 is 0 Å². The van der Waals surface area contributed by atoms with Crippen molar-refractivity contribution in [3.05, 3.63) is 86.7 Å². The molecule has 170 valence electrons. The molecule has 10 nitrogen and oxygen atoms in total. The molecule has 1 heterocycles. The second-order valence-corrected chi connectivity index (χ2v) is 7.21. The number of amides is 2. The van der Waals surface area contributed by atoms with Crippen LogP contribution in [0, 0.1) is 0 Å². The van der Waals surface area contributed by atoms with Crippen molar-refractivity contribution in [1.29, 1.82) is 0 Å². The van der Waals surface area contributed by atoms with E-state index in [9.17, 15) is 29.4 Å². The van der Waals surface area contributed by atoms with E-state index in [1.165, 1.54) is 12.1 Å². The van der Waals surface area contributed by atoms with Gasteiger partial charge in [-0.15, -0.1) is 0 Å². The largest absolute Gasteiger partial charge is 0.506 e. The molecule has 0 aliphatic carbocycles. The normalized spacial score (nSPS) is 10.5. The predicted molar refractivity (Wildman–Crippen MR) is 119 cm³/mol. The minimum Gasteiger partial charge on any atom is -0.506 e. The number of carboxylic acid groups (broad SMARTS) is 1. The van der Waals surface area contributed by atoms with Gasteiger partial charge in [-0.25, -0.2) is 0 Å². The van der Waals surface area contributed by atoms with Crippen LogP contribution in [-0.4, -0.2) is 44.2 Å². The zero-order valence-corrected chi connectivity index (χ0v) is 17.7. The second-order valence-electron chi connectivity index (χ2n) is 6.80. The number of hydrogen-bond acceptors (Lipinski definition) is 6. The molecule has 33 heavy (non-hydrogen) atoms. The third kappa shape index (κ3) is 5.13. The smallest absolute Gasteiger partial charge is 0.322 e. The number of carbonyl (C=O) groups excluding carboxylic acids is 2. The first-order chi connectivity index (χ1) is 15.7. The number of halogens is 1. The molecule has 3 rings (SSSR count). The average molecular weight is 472 g/mol. The van der Waals surface area contributed by atoms with E-state index < -0.39 is 52.6 Å². The summed E-state index contributed by atoms with van der Waals surface area (Å²) in [6, 6.07) is 14.4. The fourth-order valence-corrected chi connectivity index (χ4v) is 3.21. The molecule has 0 radical (unpaired) electrons. The Kier molecular flexibility index (Phi) is 6.99. The van der Waals surface area contributed by atoms with Crippen LogP contribution >= 0.6 is 11.6 Å². The average Bonchev–Trinajstić information content (AvgIpc) is 2.77. The number of para-hydroxylation sites is 1. The van der Waals surface area contributed by atoms with Gasteiger partial charge in [0, 0.05) is 10.7 Å². The number of rotatable bonds is 7. The van der Waals surface area contributed by atoms with Gasteiger partial charge in [0.1, 0.15) is 17.7 Å². The molecule has 0 saturated heterocycles. The number of aromatic nitrogens is 1. The first-order valence-electron chi connectivity index (χ1n) is 9.49. The van der Waals surface area contributed by atoms with Crippen molar-refractivity contribution in [1.82, 2.24) is 9.88 Å². The zero-order chi connectivity index (χ0) is 24.1. The summed E-state index contributed by atoms with van der Waals surface area (Å²) in [5.41, 5.74) is -2.05. The number of nitrogens with zero attached hydrogens (tertiary/aromatic N) is 1. The molecule has 0 saturated carbocycles. The van der Waals surface area contributed by atoms with Crippen LogP contribution in [0.4, 0.5) is 5.69 Å². The maximum atomic E-state index is 13.1. The predicted octanol–water partition coefficient (Wildman–Crippen LogP) is 2.03. The summed E-state index contributed by atoms with van der Waals surface area (Å²) in [4.78, 5) is 49.3. The topological polar surface area (TPSA) is 158 Å². The molecule has 0 aliphatic heterocycles. The number of aromatic hydroxyl groups is 2. The van der Waals surface area contributed by atoms with Gasteiger partial charge in [-0.3, -0.25) is 23.7 Å². The highest BCUT2D eigenvalue weighted by Crippen LogP contribution is 2.30. The minimum absolute atomic E-state index is 0.254. The number of carboxylic acids is 1. The summed E-state index contributed by atoms with van der Waals surface area (Å²) in [7, 11) is 0. The monoisotopic (exact) mass is 471 g/mol. The zero-order valence-electron chi connectivity index (χ0n) is 16.9. The van der Waals surface area contributed by atoms with E-state index in [1.807, 2.05) is 5.32 Å². The van der Waals surface area contributed by atoms with Crippen molar-refractivity contribution >= 4 is 35.1 Å². The van der Waals surface area contributed by atoms with E-state index in [2.05, 4.69) is 5.32 Å². The Labute approximate surface area is 191 Å². The van der Waals surface area contributed by atoms with Crippen molar-refractivity contribution < 1.29 is 29.7 Å². The molecule has 1 aromatic heterocycles. The van der Waals surface area contributed by atoms with Gasteiger partial charge in [0.2, 0.25) is 5.88 Å². The van der Waals surface area contributed by atoms with Crippen molar-refractivity contribution in [2.75, 3.05) is 11.9 Å². The Morgan fingerprint density at radius 2 is 1.55 bits per heavy atom. The Morgan fingerprint density at radius 1 is 0.909 bits per heavy atom. The SMILES string of the molecule is O=C(O)CNC(=O)c1c(O)c(C(=O)Nc2ccccc2)c(=O)n(Cc2ccccc2Cl)c1O. The Balaban J connectivity index is 2.16. The van der Waals surface area contributed by atoms with Gasteiger partial charge in [0.25, 0.3) is 17.4 Å². The van der Waals surface area contributed by atoms with Crippen molar-refractivity contribution in [2.24, 2.45) is 0 Å². The standard InChI is InChI=1S/C22H18ClN3O7/c23-14-9-5-4-6-12(14)11-26-21(32)16(19(30)24-10-15(27)28)18(29)17(22(26)33)20(31)25-13-7-2-1-3-8-13/h1-9,29,32H,10-11H2,(H,24,30)(H,25,31)(H,27,28). The number of carbonyl (C=O) groups is 3. The molecular weight excluding hydrogens is 454 g/mol. The number of nitrogens with one attached hydrogen (secondary N) is 2. The molecule has 0 spiro atoms. The lowest BCUT2D eigenvalue weighted by Gasteiger charge is -2.17. The Hall–Kier alpha value is -4.31. The van der Waals surface area contributed by atoms with Crippen LogP contribution in [0.2, 0.25) is 5.02 Å². The highest BCUT2D eigenvalue weighted by Gasteiger charge is 2.30. The fraction of sp³-hybridized carbons (Fsp3) is 0.0909. The summed E-state index contributed by atoms with van der Waals surface area (Å²) in [5, 5.41) is 34.7. The summed E-state index contributed by atoms with van der Waals surface area (Å²) < 4.78 is 0.691. The molecule has 5 N–H and O–H groups in total. The van der Waals surface area contributed by atoms with Gasteiger partial charge in [0.05, 0.1) is 6.54 Å². The van der Waals surface area contributed by atoms with Crippen molar-refractivity contribution in [3.8, 4) is 11.6 Å².